The zero-order valence-electron chi connectivity index (χ0n) is 20.3. The van der Waals surface area contributed by atoms with Gasteiger partial charge in [0.05, 0.1) is 11.3 Å². The molecule has 0 fully saturated rings. The van der Waals surface area contributed by atoms with Crippen LogP contribution in [0.4, 0.5) is 33.2 Å². The Bertz CT molecular complexity index is 1480. The van der Waals surface area contributed by atoms with Crippen LogP contribution in [-0.2, 0) is 4.79 Å². The standard InChI is InChI=1S/C29H27N5O2/c1-17-11-18(2)13-23(12-17)33-29(36)32-22-7-6-19(3)26(15-22)31-21-8-9-24-25(14-20-5-4-10-30-20)28(35)34-27(24)16-21/h4-16,30-31H,1-3H3,(H,34,35)(H2,32,33,36). The Balaban J connectivity index is 1.31. The Labute approximate surface area is 209 Å². The molecule has 4 aromatic rings. The molecule has 0 aliphatic carbocycles. The van der Waals surface area contributed by atoms with Gasteiger partial charge in [-0.2, -0.15) is 0 Å². The van der Waals surface area contributed by atoms with Crippen LogP contribution in [-0.4, -0.2) is 16.9 Å². The highest BCUT2D eigenvalue weighted by Gasteiger charge is 2.24. The summed E-state index contributed by atoms with van der Waals surface area (Å²) in [7, 11) is 0. The third-order valence-electron chi connectivity index (χ3n) is 5.98. The Hall–Kier alpha value is -4.78. The maximum absolute atomic E-state index is 12.6. The number of nitrogens with one attached hydrogen (secondary N) is 5. The van der Waals surface area contributed by atoms with Crippen molar-refractivity contribution in [1.82, 2.24) is 4.98 Å². The number of carbonyl (C=O) groups excluding carboxylic acids is 2. The minimum absolute atomic E-state index is 0.131. The molecule has 7 heteroatoms. The van der Waals surface area contributed by atoms with Gasteiger partial charge in [-0.3, -0.25) is 4.79 Å². The molecule has 1 aromatic heterocycles. The molecule has 3 amide bonds. The topological polar surface area (TPSA) is 98.0 Å². The van der Waals surface area contributed by atoms with Crippen LogP contribution in [0.1, 0.15) is 27.9 Å². The first kappa shape index (κ1) is 23.0. The normalized spacial score (nSPS) is 13.3. The molecule has 36 heavy (non-hydrogen) atoms. The van der Waals surface area contributed by atoms with E-state index in [1.807, 2.05) is 93.7 Å². The molecule has 0 unspecified atom stereocenters. The highest BCUT2D eigenvalue weighted by molar-refractivity contribution is 6.35. The number of fused-ring (bicyclic) bond motifs is 1. The minimum Gasteiger partial charge on any atom is -0.362 e. The van der Waals surface area contributed by atoms with Crippen LogP contribution in [0.15, 0.2) is 72.9 Å². The number of hydrogen-bond donors (Lipinski definition) is 5. The predicted octanol–water partition coefficient (Wildman–Crippen LogP) is 6.82. The van der Waals surface area contributed by atoms with Gasteiger partial charge in [-0.05, 0) is 92.1 Å². The fourth-order valence-electron chi connectivity index (χ4n) is 4.34. The van der Waals surface area contributed by atoms with E-state index >= 15 is 0 Å². The highest BCUT2D eigenvalue weighted by atomic mass is 16.2. The Morgan fingerprint density at radius 1 is 0.833 bits per heavy atom. The van der Waals surface area contributed by atoms with Crippen molar-refractivity contribution in [3.8, 4) is 0 Å². The summed E-state index contributed by atoms with van der Waals surface area (Å²) in [5.41, 5.74) is 9.39. The second-order valence-corrected chi connectivity index (χ2v) is 9.01. The molecule has 0 atom stereocenters. The summed E-state index contributed by atoms with van der Waals surface area (Å²) in [6, 6.07) is 20.9. The van der Waals surface area contributed by atoms with E-state index < -0.39 is 0 Å². The van der Waals surface area contributed by atoms with Gasteiger partial charge in [-0.1, -0.05) is 18.2 Å². The molecule has 0 bridgehead atoms. The zero-order valence-corrected chi connectivity index (χ0v) is 20.3. The average molecular weight is 478 g/mol. The number of amides is 3. The van der Waals surface area contributed by atoms with E-state index in [2.05, 4.69) is 32.3 Å². The van der Waals surface area contributed by atoms with Gasteiger partial charge in [-0.25, -0.2) is 4.79 Å². The molecule has 2 heterocycles. The highest BCUT2D eigenvalue weighted by Crippen LogP contribution is 2.36. The number of rotatable bonds is 5. The van der Waals surface area contributed by atoms with Crippen molar-refractivity contribution >= 4 is 52.0 Å². The molecule has 0 saturated carbocycles. The molecule has 0 spiro atoms. The van der Waals surface area contributed by atoms with Crippen LogP contribution in [0.3, 0.4) is 0 Å². The average Bonchev–Trinajstić information content (AvgIpc) is 3.43. The molecule has 1 aliphatic heterocycles. The monoisotopic (exact) mass is 477 g/mol. The van der Waals surface area contributed by atoms with E-state index in [1.54, 1.807) is 0 Å². The van der Waals surface area contributed by atoms with E-state index in [1.165, 1.54) is 0 Å². The lowest BCUT2D eigenvalue weighted by Gasteiger charge is -2.14. The molecular formula is C29H27N5O2. The van der Waals surface area contributed by atoms with Crippen molar-refractivity contribution in [3.05, 3.63) is 101 Å². The molecule has 0 radical (unpaired) electrons. The number of anilines is 5. The van der Waals surface area contributed by atoms with Crippen molar-refractivity contribution in [2.24, 2.45) is 0 Å². The third kappa shape index (κ3) is 5.00. The molecule has 0 saturated heterocycles. The number of carbonyl (C=O) groups is 2. The van der Waals surface area contributed by atoms with Crippen molar-refractivity contribution < 1.29 is 9.59 Å². The van der Waals surface area contributed by atoms with E-state index in [4.69, 9.17) is 0 Å². The van der Waals surface area contributed by atoms with Gasteiger partial charge in [0.1, 0.15) is 0 Å². The number of urea groups is 1. The van der Waals surface area contributed by atoms with Crippen molar-refractivity contribution in [1.29, 1.82) is 0 Å². The van der Waals surface area contributed by atoms with Crippen LogP contribution in [0.25, 0.3) is 11.6 Å². The van der Waals surface area contributed by atoms with Crippen LogP contribution >= 0.6 is 0 Å². The third-order valence-corrected chi connectivity index (χ3v) is 5.98. The van der Waals surface area contributed by atoms with Gasteiger partial charge in [-0.15, -0.1) is 0 Å². The summed E-state index contributed by atoms with van der Waals surface area (Å²) in [5, 5.41) is 12.1. The summed E-state index contributed by atoms with van der Waals surface area (Å²) in [6.45, 7) is 5.99. The van der Waals surface area contributed by atoms with Gasteiger partial charge in [0.25, 0.3) is 5.91 Å². The number of hydrogen-bond acceptors (Lipinski definition) is 3. The number of H-pyrrole nitrogens is 1. The summed E-state index contributed by atoms with van der Waals surface area (Å²) in [4.78, 5) is 28.2. The van der Waals surface area contributed by atoms with Gasteiger partial charge in [0, 0.05) is 40.2 Å². The van der Waals surface area contributed by atoms with E-state index in [-0.39, 0.29) is 11.9 Å². The maximum atomic E-state index is 12.6. The van der Waals surface area contributed by atoms with Crippen LogP contribution in [0.2, 0.25) is 0 Å². The smallest absolute Gasteiger partial charge is 0.323 e. The Morgan fingerprint density at radius 3 is 2.33 bits per heavy atom. The lowest BCUT2D eigenvalue weighted by molar-refractivity contribution is -0.110. The quantitative estimate of drug-likeness (QED) is 0.204. The lowest BCUT2D eigenvalue weighted by atomic mass is 10.1. The minimum atomic E-state index is -0.309. The maximum Gasteiger partial charge on any atom is 0.323 e. The molecule has 3 aromatic carbocycles. The Kier molecular flexibility index (Phi) is 6.04. The Morgan fingerprint density at radius 2 is 1.58 bits per heavy atom. The number of aromatic nitrogens is 1. The second kappa shape index (κ2) is 9.46. The molecule has 180 valence electrons. The van der Waals surface area contributed by atoms with Gasteiger partial charge >= 0.3 is 6.03 Å². The van der Waals surface area contributed by atoms with E-state index in [9.17, 15) is 9.59 Å². The van der Waals surface area contributed by atoms with Gasteiger partial charge in [0.2, 0.25) is 0 Å². The summed E-state index contributed by atoms with van der Waals surface area (Å²) in [6.07, 6.45) is 3.67. The van der Waals surface area contributed by atoms with Crippen LogP contribution in [0.5, 0.6) is 0 Å². The first-order valence-electron chi connectivity index (χ1n) is 11.7. The van der Waals surface area contributed by atoms with E-state index in [0.717, 1.165) is 50.7 Å². The lowest BCUT2D eigenvalue weighted by Crippen LogP contribution is -2.19. The molecule has 5 N–H and O–H groups in total. The van der Waals surface area contributed by atoms with Crippen molar-refractivity contribution in [3.63, 3.8) is 0 Å². The molecule has 7 nitrogen and oxygen atoms in total. The number of benzene rings is 3. The number of aryl methyl sites for hydroxylation is 3. The molecular weight excluding hydrogens is 450 g/mol. The largest absolute Gasteiger partial charge is 0.362 e. The van der Waals surface area contributed by atoms with Gasteiger partial charge < -0.3 is 26.3 Å². The fourth-order valence-corrected chi connectivity index (χ4v) is 4.34. The first-order valence-corrected chi connectivity index (χ1v) is 11.7. The summed E-state index contributed by atoms with van der Waals surface area (Å²) in [5.74, 6) is -0.131. The summed E-state index contributed by atoms with van der Waals surface area (Å²) >= 11 is 0. The van der Waals surface area contributed by atoms with Gasteiger partial charge in [0.15, 0.2) is 0 Å². The zero-order chi connectivity index (χ0) is 25.2. The molecule has 1 aliphatic rings. The first-order chi connectivity index (χ1) is 17.3. The van der Waals surface area contributed by atoms with Crippen LogP contribution < -0.4 is 21.3 Å². The van der Waals surface area contributed by atoms with E-state index in [0.29, 0.717) is 11.3 Å². The van der Waals surface area contributed by atoms with Crippen molar-refractivity contribution in [2.45, 2.75) is 20.8 Å². The SMILES string of the molecule is Cc1cc(C)cc(NC(=O)Nc2ccc(C)c(Nc3ccc4c(c3)NC(=O)C4=Cc3ccc[nH]3)c2)c1. The predicted molar refractivity (Wildman–Crippen MR) is 147 cm³/mol. The summed E-state index contributed by atoms with van der Waals surface area (Å²) < 4.78 is 0. The van der Waals surface area contributed by atoms with Crippen molar-refractivity contribution in [2.75, 3.05) is 21.3 Å². The molecule has 5 rings (SSSR count). The number of aromatic amines is 1. The van der Waals surface area contributed by atoms with Crippen LogP contribution in [0, 0.1) is 20.8 Å². The second-order valence-electron chi connectivity index (χ2n) is 9.01. The fraction of sp³-hybridized carbons (Fsp3) is 0.103.